The van der Waals surface area contributed by atoms with Gasteiger partial charge in [0.2, 0.25) is 0 Å². The van der Waals surface area contributed by atoms with Crippen molar-refractivity contribution in [2.24, 2.45) is 0 Å². The minimum Gasteiger partial charge on any atom is -0.862 e. The van der Waals surface area contributed by atoms with Gasteiger partial charge in [0.25, 0.3) is 0 Å². The molecule has 0 bridgehead atoms. The fourth-order valence-corrected chi connectivity index (χ4v) is 0. The van der Waals surface area contributed by atoms with E-state index in [9.17, 15) is 0 Å². The quantitative estimate of drug-likeness (QED) is 0.236. The normalized spacial score (nSPS) is 5.00. The summed E-state index contributed by atoms with van der Waals surface area (Å²) in [5, 5.41) is 15.1. The molecule has 0 aromatic rings. The maximum Gasteiger partial charge on any atom is -0.0373 e. The predicted molar refractivity (Wildman–Crippen MR) is 25.9 cm³/mol. The van der Waals surface area contributed by atoms with Crippen molar-refractivity contribution in [1.29, 1.82) is 5.41 Å². The first-order chi connectivity index (χ1) is 1.73. The van der Waals surface area contributed by atoms with Crippen LogP contribution in [0, 0.1) is 5.41 Å². The molecule has 0 saturated heterocycles. The van der Waals surface area contributed by atoms with Crippen molar-refractivity contribution in [3.63, 3.8) is 0 Å². The van der Waals surface area contributed by atoms with Gasteiger partial charge in [-0.25, -0.2) is 0 Å². The van der Waals surface area contributed by atoms with Crippen molar-refractivity contribution in [2.45, 2.75) is 6.92 Å². The van der Waals surface area contributed by atoms with Crippen LogP contribution in [0.5, 0.6) is 0 Å². The van der Waals surface area contributed by atoms with Crippen LogP contribution in [0.3, 0.4) is 0 Å². The van der Waals surface area contributed by atoms with Gasteiger partial charge in [0.05, 0.1) is 0 Å². The fourth-order valence-electron chi connectivity index (χ4n) is 0. The SMILES string of the molecule is CC(=N)[O-].[PH4+]. The van der Waals surface area contributed by atoms with Crippen LogP contribution in [0.1, 0.15) is 6.92 Å². The second-order valence-electron chi connectivity index (χ2n) is 0.556. The molecule has 0 heterocycles. The van der Waals surface area contributed by atoms with Crippen molar-refractivity contribution in [3.05, 3.63) is 0 Å². The van der Waals surface area contributed by atoms with Gasteiger partial charge >= 0.3 is 0 Å². The maximum atomic E-state index is 9.11. The topological polar surface area (TPSA) is 46.9 Å². The Morgan fingerprint density at radius 1 is 1.80 bits per heavy atom. The van der Waals surface area contributed by atoms with E-state index in [1.807, 2.05) is 0 Å². The zero-order valence-corrected chi connectivity index (χ0v) is 5.41. The summed E-state index contributed by atoms with van der Waals surface area (Å²) in [5.74, 6) is -0.583. The average molecular weight is 93.1 g/mol. The van der Waals surface area contributed by atoms with Gasteiger partial charge < -0.3 is 10.5 Å². The largest absolute Gasteiger partial charge is 0.862 e. The molecule has 0 aromatic heterocycles. The van der Waals surface area contributed by atoms with Crippen molar-refractivity contribution in [2.75, 3.05) is 0 Å². The Labute approximate surface area is 34.3 Å². The third kappa shape index (κ3) is 1410. The summed E-state index contributed by atoms with van der Waals surface area (Å²) >= 11 is 0. The first-order valence-corrected chi connectivity index (χ1v) is 0.954. The zero-order chi connectivity index (χ0) is 3.58. The first-order valence-electron chi connectivity index (χ1n) is 0.954. The summed E-state index contributed by atoms with van der Waals surface area (Å²) in [4.78, 5) is 0. The summed E-state index contributed by atoms with van der Waals surface area (Å²) in [6.45, 7) is 1.19. The maximum absolute atomic E-state index is 9.11. The molecule has 0 aromatic carbocycles. The van der Waals surface area contributed by atoms with E-state index < -0.39 is 5.90 Å². The van der Waals surface area contributed by atoms with Gasteiger partial charge in [0, 0.05) is 0 Å². The van der Waals surface area contributed by atoms with Crippen LogP contribution >= 0.6 is 9.90 Å². The van der Waals surface area contributed by atoms with E-state index in [4.69, 9.17) is 10.5 Å². The molecule has 0 fully saturated rings. The Kier molecular flexibility index (Phi) is 6.91. The van der Waals surface area contributed by atoms with Crippen molar-refractivity contribution in [3.8, 4) is 0 Å². The number of hydrogen-bond acceptors (Lipinski definition) is 2. The van der Waals surface area contributed by atoms with Gasteiger partial charge in [-0.15, -0.1) is 0 Å². The molecule has 32 valence electrons. The number of nitrogens with one attached hydrogen (secondary N) is 1. The third-order valence-corrected chi connectivity index (χ3v) is 0. The number of hydrogen-bond donors (Lipinski definition) is 1. The predicted octanol–water partition coefficient (Wildman–Crippen LogP) is -0.866. The summed E-state index contributed by atoms with van der Waals surface area (Å²) in [6.07, 6.45) is 0. The van der Waals surface area contributed by atoms with Crippen molar-refractivity contribution in [1.82, 2.24) is 0 Å². The zero-order valence-electron chi connectivity index (χ0n) is 3.41. The monoisotopic (exact) mass is 93.0 g/mol. The summed E-state index contributed by atoms with van der Waals surface area (Å²) in [7, 11) is 0. The minimum absolute atomic E-state index is 0. The molecule has 0 radical (unpaired) electrons. The van der Waals surface area contributed by atoms with E-state index in [1.54, 1.807) is 0 Å². The van der Waals surface area contributed by atoms with Gasteiger partial charge in [-0.3, -0.25) is 0 Å². The van der Waals surface area contributed by atoms with E-state index in [2.05, 4.69) is 0 Å². The summed E-state index contributed by atoms with van der Waals surface area (Å²) in [6, 6.07) is 0. The lowest BCUT2D eigenvalue weighted by Gasteiger charge is -1.89. The average Bonchev–Trinajstić information content (AvgIpc) is 0.811. The van der Waals surface area contributed by atoms with E-state index in [0.717, 1.165) is 0 Å². The molecule has 5 heavy (non-hydrogen) atoms. The molecule has 0 amide bonds. The van der Waals surface area contributed by atoms with Crippen LogP contribution in [0.4, 0.5) is 0 Å². The molecule has 1 atom stereocenters. The van der Waals surface area contributed by atoms with Gasteiger partial charge in [0.15, 0.2) is 0 Å². The van der Waals surface area contributed by atoms with E-state index in [0.29, 0.717) is 0 Å². The van der Waals surface area contributed by atoms with Crippen LogP contribution in [0.15, 0.2) is 0 Å². The second-order valence-corrected chi connectivity index (χ2v) is 0.556. The summed E-state index contributed by atoms with van der Waals surface area (Å²) < 4.78 is 0. The lowest BCUT2D eigenvalue weighted by molar-refractivity contribution is -0.217. The standard InChI is InChI=1S/C2H5NO.H3P/c1-2(3)4;/h1H3,(H2,3,4);1H3. The van der Waals surface area contributed by atoms with Crippen LogP contribution in [-0.2, 0) is 0 Å². The highest BCUT2D eigenvalue weighted by atomic mass is 31.0. The Bertz CT molecular complexity index is 32.6. The molecule has 0 aliphatic rings. The molecule has 1 N–H and O–H groups in total. The molecular formula is C2H8NOP. The van der Waals surface area contributed by atoms with E-state index in [1.165, 1.54) is 6.92 Å². The molecule has 0 spiro atoms. The van der Waals surface area contributed by atoms with Crippen LogP contribution < -0.4 is 5.11 Å². The van der Waals surface area contributed by atoms with Crippen LogP contribution in [0.2, 0.25) is 0 Å². The third-order valence-electron chi connectivity index (χ3n) is 0. The highest BCUT2D eigenvalue weighted by molar-refractivity contribution is 6.92. The molecule has 1 unspecified atom stereocenters. The minimum atomic E-state index is -0.583. The van der Waals surface area contributed by atoms with Gasteiger partial charge in [-0.2, -0.15) is 0 Å². The Morgan fingerprint density at radius 3 is 1.80 bits per heavy atom. The Morgan fingerprint density at radius 2 is 1.80 bits per heavy atom. The fraction of sp³-hybridized carbons (Fsp3) is 0.500. The molecular weight excluding hydrogens is 85.0 g/mol. The lowest BCUT2D eigenvalue weighted by Crippen LogP contribution is -2.08. The smallest absolute Gasteiger partial charge is 0.0373 e. The Hall–Kier alpha value is -0.100. The molecule has 0 rings (SSSR count). The molecule has 0 saturated carbocycles. The second kappa shape index (κ2) is 3.90. The van der Waals surface area contributed by atoms with Gasteiger partial charge in [0.1, 0.15) is 0 Å². The van der Waals surface area contributed by atoms with E-state index in [-0.39, 0.29) is 9.90 Å². The number of rotatable bonds is 0. The van der Waals surface area contributed by atoms with Gasteiger partial charge in [-0.05, 0) is 22.7 Å². The summed E-state index contributed by atoms with van der Waals surface area (Å²) in [5.41, 5.74) is 0. The highest BCUT2D eigenvalue weighted by Crippen LogP contribution is 1.35. The molecule has 0 aliphatic carbocycles. The molecule has 3 heteroatoms. The van der Waals surface area contributed by atoms with Gasteiger partial charge in [-0.1, -0.05) is 0 Å². The molecule has 0 aliphatic heterocycles. The molecule has 2 nitrogen and oxygen atoms in total. The lowest BCUT2D eigenvalue weighted by atomic mass is 10.8. The van der Waals surface area contributed by atoms with E-state index >= 15 is 0 Å². The highest BCUT2D eigenvalue weighted by Gasteiger charge is 1.39. The van der Waals surface area contributed by atoms with Crippen LogP contribution in [-0.4, -0.2) is 5.90 Å². The van der Waals surface area contributed by atoms with Crippen molar-refractivity contribution < 1.29 is 5.11 Å². The van der Waals surface area contributed by atoms with Crippen LogP contribution in [0.25, 0.3) is 0 Å². The first kappa shape index (κ1) is 8.86. The van der Waals surface area contributed by atoms with Crippen molar-refractivity contribution >= 4 is 15.8 Å². The Balaban J connectivity index is 0.